The van der Waals surface area contributed by atoms with Crippen molar-refractivity contribution >= 4 is 11.6 Å². The normalized spacial score (nSPS) is 19.9. The Morgan fingerprint density at radius 2 is 1.62 bits per heavy atom. The highest BCUT2D eigenvalue weighted by Crippen LogP contribution is 2.35. The highest BCUT2D eigenvalue weighted by molar-refractivity contribution is 6.02. The number of methoxy groups -OCH3 is 1. The molecule has 176 valence electrons. The van der Waals surface area contributed by atoms with Crippen molar-refractivity contribution < 1.29 is 14.6 Å². The van der Waals surface area contributed by atoms with Gasteiger partial charge in [0.05, 0.1) is 24.0 Å². The van der Waals surface area contributed by atoms with Crippen molar-refractivity contribution in [2.75, 3.05) is 38.2 Å². The number of likely N-dealkylation sites (tertiary alicyclic amines) is 1. The van der Waals surface area contributed by atoms with E-state index in [9.17, 15) is 9.90 Å². The summed E-state index contributed by atoms with van der Waals surface area (Å²) >= 11 is 0. The summed E-state index contributed by atoms with van der Waals surface area (Å²) in [7, 11) is 1.65. The monoisotopic (exact) mass is 457 g/mol. The molecule has 0 bridgehead atoms. The number of para-hydroxylation sites is 1. The van der Waals surface area contributed by atoms with E-state index in [0.29, 0.717) is 18.4 Å². The largest absolute Gasteiger partial charge is 0.497 e. The lowest BCUT2D eigenvalue weighted by molar-refractivity contribution is -0.0253. The van der Waals surface area contributed by atoms with Crippen molar-refractivity contribution in [1.82, 2.24) is 10.2 Å². The van der Waals surface area contributed by atoms with Crippen LogP contribution in [0.1, 0.15) is 40.5 Å². The number of rotatable bonds is 6. The van der Waals surface area contributed by atoms with Crippen LogP contribution < -0.4 is 15.0 Å². The average Bonchev–Trinajstić information content (AvgIpc) is 2.90. The van der Waals surface area contributed by atoms with Gasteiger partial charge in [-0.2, -0.15) is 0 Å². The first-order valence-electron chi connectivity index (χ1n) is 11.9. The van der Waals surface area contributed by atoms with Gasteiger partial charge in [-0.3, -0.25) is 4.79 Å². The van der Waals surface area contributed by atoms with E-state index in [1.807, 2.05) is 78.9 Å². The number of hydrogen-bond donors (Lipinski definition) is 2. The lowest BCUT2D eigenvalue weighted by Crippen LogP contribution is -2.50. The second-order valence-corrected chi connectivity index (χ2v) is 9.10. The van der Waals surface area contributed by atoms with Gasteiger partial charge in [0.25, 0.3) is 5.91 Å². The van der Waals surface area contributed by atoms with Crippen LogP contribution in [0.4, 0.5) is 5.69 Å². The standard InChI is InChI=1S/C28H31N3O3/c1-34-23-13-11-21(12-14-23)26-29-27(32)24-9-5-6-10-25(24)31(26)20-19-30-17-15-28(33,16-18-30)22-7-3-2-4-8-22/h2-14,26,33H,15-20H2,1H3,(H,29,32). The van der Waals surface area contributed by atoms with Gasteiger partial charge in [-0.25, -0.2) is 0 Å². The minimum atomic E-state index is -0.755. The summed E-state index contributed by atoms with van der Waals surface area (Å²) < 4.78 is 5.31. The number of hydrogen-bond acceptors (Lipinski definition) is 5. The molecule has 3 aromatic carbocycles. The molecule has 5 rings (SSSR count). The Morgan fingerprint density at radius 1 is 0.941 bits per heavy atom. The summed E-state index contributed by atoms with van der Waals surface area (Å²) in [6, 6.07) is 25.6. The SMILES string of the molecule is COc1ccc(C2NC(=O)c3ccccc3N2CCN2CCC(O)(c3ccccc3)CC2)cc1. The minimum Gasteiger partial charge on any atom is -0.497 e. The molecule has 0 radical (unpaired) electrons. The van der Waals surface area contributed by atoms with Crippen LogP contribution >= 0.6 is 0 Å². The number of aliphatic hydroxyl groups is 1. The molecule has 1 unspecified atom stereocenters. The molecule has 2 N–H and O–H groups in total. The molecule has 1 amide bonds. The Hall–Kier alpha value is -3.35. The van der Waals surface area contributed by atoms with Gasteiger partial charge in [0.1, 0.15) is 11.9 Å². The van der Waals surface area contributed by atoms with Crippen molar-refractivity contribution in [1.29, 1.82) is 0 Å². The molecule has 2 aliphatic heterocycles. The van der Waals surface area contributed by atoms with Gasteiger partial charge in [-0.05, 0) is 48.2 Å². The van der Waals surface area contributed by atoms with E-state index in [1.54, 1.807) is 7.11 Å². The summed E-state index contributed by atoms with van der Waals surface area (Å²) in [5, 5.41) is 14.4. The summed E-state index contributed by atoms with van der Waals surface area (Å²) in [6.07, 6.45) is 1.18. The zero-order valence-corrected chi connectivity index (χ0v) is 19.5. The number of nitrogens with one attached hydrogen (secondary N) is 1. The van der Waals surface area contributed by atoms with E-state index in [1.165, 1.54) is 0 Å². The maximum absolute atomic E-state index is 12.8. The zero-order chi connectivity index (χ0) is 23.5. The van der Waals surface area contributed by atoms with Gasteiger partial charge < -0.3 is 25.0 Å². The number of fused-ring (bicyclic) bond motifs is 1. The second kappa shape index (κ2) is 9.49. The highest BCUT2D eigenvalue weighted by Gasteiger charge is 2.35. The molecule has 34 heavy (non-hydrogen) atoms. The maximum Gasteiger partial charge on any atom is 0.255 e. The first-order valence-corrected chi connectivity index (χ1v) is 11.9. The molecule has 6 nitrogen and oxygen atoms in total. The molecular formula is C28H31N3O3. The first-order chi connectivity index (χ1) is 16.6. The third-order valence-electron chi connectivity index (χ3n) is 7.12. The predicted molar refractivity (Wildman–Crippen MR) is 133 cm³/mol. The fraction of sp³-hybridized carbons (Fsp3) is 0.321. The van der Waals surface area contributed by atoms with Crippen molar-refractivity contribution in [3.8, 4) is 5.75 Å². The molecule has 0 aliphatic carbocycles. The van der Waals surface area contributed by atoms with Crippen LogP contribution in [0.15, 0.2) is 78.9 Å². The van der Waals surface area contributed by atoms with Gasteiger partial charge in [0.2, 0.25) is 0 Å². The van der Waals surface area contributed by atoms with Crippen molar-refractivity contribution in [2.24, 2.45) is 0 Å². The fourth-order valence-electron chi connectivity index (χ4n) is 5.07. The minimum absolute atomic E-state index is 0.0569. The molecule has 0 saturated carbocycles. The fourth-order valence-corrected chi connectivity index (χ4v) is 5.07. The molecule has 6 heteroatoms. The second-order valence-electron chi connectivity index (χ2n) is 9.10. The molecule has 3 aromatic rings. The van der Waals surface area contributed by atoms with Crippen LogP contribution in [-0.4, -0.2) is 49.2 Å². The highest BCUT2D eigenvalue weighted by atomic mass is 16.5. The lowest BCUT2D eigenvalue weighted by atomic mass is 9.84. The van der Waals surface area contributed by atoms with Gasteiger partial charge in [-0.1, -0.05) is 54.6 Å². The van der Waals surface area contributed by atoms with Crippen LogP contribution in [0.5, 0.6) is 5.75 Å². The van der Waals surface area contributed by atoms with Crippen LogP contribution in [0.2, 0.25) is 0 Å². The Labute approximate surface area is 200 Å². The predicted octanol–water partition coefficient (Wildman–Crippen LogP) is 3.93. The third-order valence-corrected chi connectivity index (χ3v) is 7.12. The third kappa shape index (κ3) is 4.39. The Morgan fingerprint density at radius 3 is 2.32 bits per heavy atom. The Balaban J connectivity index is 1.32. The summed E-state index contributed by atoms with van der Waals surface area (Å²) in [5.74, 6) is 0.732. The van der Waals surface area contributed by atoms with Gasteiger partial charge in [0.15, 0.2) is 0 Å². The van der Waals surface area contributed by atoms with Gasteiger partial charge in [0, 0.05) is 26.2 Å². The molecule has 1 saturated heterocycles. The van der Waals surface area contributed by atoms with E-state index in [4.69, 9.17) is 4.74 Å². The number of benzene rings is 3. The number of nitrogens with zero attached hydrogens (tertiary/aromatic N) is 2. The topological polar surface area (TPSA) is 65.0 Å². The summed E-state index contributed by atoms with van der Waals surface area (Å²) in [5.41, 5.74) is 2.91. The number of carbonyl (C=O) groups excluding carboxylic acids is 1. The lowest BCUT2D eigenvalue weighted by Gasteiger charge is -2.42. The smallest absolute Gasteiger partial charge is 0.255 e. The number of piperidine rings is 1. The molecule has 2 heterocycles. The van der Waals surface area contributed by atoms with Crippen molar-refractivity contribution in [2.45, 2.75) is 24.6 Å². The zero-order valence-electron chi connectivity index (χ0n) is 19.5. The number of ether oxygens (including phenoxy) is 1. The molecule has 1 fully saturated rings. The van der Waals surface area contributed by atoms with E-state index in [0.717, 1.165) is 48.7 Å². The number of carbonyl (C=O) groups is 1. The van der Waals surface area contributed by atoms with E-state index in [-0.39, 0.29) is 12.1 Å². The van der Waals surface area contributed by atoms with E-state index < -0.39 is 5.60 Å². The summed E-state index contributed by atoms with van der Waals surface area (Å²) in [6.45, 7) is 3.28. The first kappa shape index (κ1) is 22.4. The van der Waals surface area contributed by atoms with E-state index in [2.05, 4.69) is 15.1 Å². The van der Waals surface area contributed by atoms with Gasteiger partial charge in [-0.15, -0.1) is 0 Å². The molecular weight excluding hydrogens is 426 g/mol. The number of amides is 1. The van der Waals surface area contributed by atoms with Gasteiger partial charge >= 0.3 is 0 Å². The van der Waals surface area contributed by atoms with Crippen molar-refractivity contribution in [3.63, 3.8) is 0 Å². The molecule has 0 spiro atoms. The Kier molecular flexibility index (Phi) is 6.26. The molecule has 2 aliphatic rings. The summed E-state index contributed by atoms with van der Waals surface area (Å²) in [4.78, 5) is 17.5. The Bertz CT molecular complexity index is 1130. The molecule has 0 aromatic heterocycles. The molecule has 1 atom stereocenters. The quantitative estimate of drug-likeness (QED) is 0.587. The number of anilines is 1. The van der Waals surface area contributed by atoms with E-state index >= 15 is 0 Å². The van der Waals surface area contributed by atoms with Crippen LogP contribution in [0.25, 0.3) is 0 Å². The van der Waals surface area contributed by atoms with Crippen LogP contribution in [-0.2, 0) is 5.60 Å². The maximum atomic E-state index is 12.8. The average molecular weight is 458 g/mol. The van der Waals surface area contributed by atoms with Crippen LogP contribution in [0.3, 0.4) is 0 Å². The van der Waals surface area contributed by atoms with Crippen molar-refractivity contribution in [3.05, 3.63) is 95.6 Å². The van der Waals surface area contributed by atoms with Crippen LogP contribution in [0, 0.1) is 0 Å².